The minimum Gasteiger partial charge on any atom is -0.482 e. The van der Waals surface area contributed by atoms with E-state index >= 15 is 0 Å². The Bertz CT molecular complexity index is 633. The fourth-order valence-corrected chi connectivity index (χ4v) is 2.33. The number of piperidine rings is 1. The highest BCUT2D eigenvalue weighted by Gasteiger charge is 2.43. The molecule has 1 aromatic heterocycles. The van der Waals surface area contributed by atoms with Crippen LogP contribution in [-0.2, 0) is 0 Å². The van der Waals surface area contributed by atoms with Crippen LogP contribution in [0.5, 0.6) is 5.75 Å². The molecule has 20 heavy (non-hydrogen) atoms. The fraction of sp³-hybridized carbons (Fsp3) is 0.357. The summed E-state index contributed by atoms with van der Waals surface area (Å²) in [5.41, 5.74) is 0.392. The van der Waals surface area contributed by atoms with E-state index in [0.717, 1.165) is 6.07 Å². The second-order valence-corrected chi connectivity index (χ2v) is 4.81. The SMILES string of the molecule is Fc1cc(OC2CCNCC2(F)F)c2ncccc2c1. The maximum Gasteiger partial charge on any atom is 0.296 e. The Morgan fingerprint density at radius 1 is 1.35 bits per heavy atom. The molecule has 0 radical (unpaired) electrons. The van der Waals surface area contributed by atoms with Gasteiger partial charge in [-0.1, -0.05) is 6.07 Å². The number of nitrogens with zero attached hydrogens (tertiary/aromatic N) is 1. The van der Waals surface area contributed by atoms with E-state index in [1.54, 1.807) is 12.1 Å². The van der Waals surface area contributed by atoms with Crippen molar-refractivity contribution in [2.45, 2.75) is 18.4 Å². The van der Waals surface area contributed by atoms with Gasteiger partial charge in [-0.2, -0.15) is 0 Å². The lowest BCUT2D eigenvalue weighted by Crippen LogP contribution is -2.52. The molecule has 6 heteroatoms. The first-order valence-electron chi connectivity index (χ1n) is 6.36. The van der Waals surface area contributed by atoms with Gasteiger partial charge in [-0.15, -0.1) is 0 Å². The first-order valence-corrected chi connectivity index (χ1v) is 6.36. The van der Waals surface area contributed by atoms with Gasteiger partial charge in [-0.3, -0.25) is 4.98 Å². The molecule has 0 bridgehead atoms. The third-order valence-electron chi connectivity index (χ3n) is 3.32. The predicted molar refractivity (Wildman–Crippen MR) is 68.6 cm³/mol. The minimum atomic E-state index is -2.98. The summed E-state index contributed by atoms with van der Waals surface area (Å²) in [5, 5.41) is 3.15. The standard InChI is InChI=1S/C14H13F3N2O/c15-10-6-9-2-1-4-19-13(9)11(7-10)20-12-3-5-18-8-14(12,16)17/h1-2,4,6-7,12,18H,3,5,8H2. The Balaban J connectivity index is 1.98. The van der Waals surface area contributed by atoms with E-state index in [0.29, 0.717) is 17.4 Å². The summed E-state index contributed by atoms with van der Waals surface area (Å²) in [7, 11) is 0. The average Bonchev–Trinajstić information content (AvgIpc) is 2.41. The van der Waals surface area contributed by atoms with Gasteiger partial charge in [0, 0.05) is 24.1 Å². The molecule has 2 aromatic rings. The molecule has 3 nitrogen and oxygen atoms in total. The molecule has 0 saturated carbocycles. The maximum absolute atomic E-state index is 13.8. The van der Waals surface area contributed by atoms with Crippen molar-refractivity contribution in [1.82, 2.24) is 10.3 Å². The summed E-state index contributed by atoms with van der Waals surface area (Å²) >= 11 is 0. The molecular formula is C14H13F3N2O. The molecule has 0 spiro atoms. The van der Waals surface area contributed by atoms with Gasteiger partial charge in [0.05, 0.1) is 6.54 Å². The number of halogens is 3. The van der Waals surface area contributed by atoms with Crippen LogP contribution in [0.1, 0.15) is 6.42 Å². The fourth-order valence-electron chi connectivity index (χ4n) is 2.33. The zero-order valence-electron chi connectivity index (χ0n) is 10.6. The summed E-state index contributed by atoms with van der Waals surface area (Å²) in [4.78, 5) is 4.08. The summed E-state index contributed by atoms with van der Waals surface area (Å²) in [5.74, 6) is -3.45. The highest BCUT2D eigenvalue weighted by Crippen LogP contribution is 2.31. The van der Waals surface area contributed by atoms with Crippen LogP contribution >= 0.6 is 0 Å². The molecule has 106 valence electrons. The number of hydrogen-bond acceptors (Lipinski definition) is 3. The van der Waals surface area contributed by atoms with Crippen molar-refractivity contribution in [3.8, 4) is 5.75 Å². The van der Waals surface area contributed by atoms with Gasteiger partial charge < -0.3 is 10.1 Å². The van der Waals surface area contributed by atoms with Crippen LogP contribution in [0.4, 0.5) is 13.2 Å². The molecule has 1 fully saturated rings. The highest BCUT2D eigenvalue weighted by molar-refractivity contribution is 5.84. The first-order chi connectivity index (χ1) is 9.56. The summed E-state index contributed by atoms with van der Waals surface area (Å²) in [6, 6.07) is 5.73. The molecule has 1 aliphatic rings. The molecule has 0 amide bonds. The number of benzene rings is 1. The van der Waals surface area contributed by atoms with E-state index in [-0.39, 0.29) is 12.2 Å². The lowest BCUT2D eigenvalue weighted by molar-refractivity contribution is -0.108. The van der Waals surface area contributed by atoms with Crippen molar-refractivity contribution in [3.63, 3.8) is 0 Å². The van der Waals surface area contributed by atoms with Crippen LogP contribution in [0.3, 0.4) is 0 Å². The van der Waals surface area contributed by atoms with Crippen molar-refractivity contribution < 1.29 is 17.9 Å². The van der Waals surface area contributed by atoms with Gasteiger partial charge in [0.15, 0.2) is 6.10 Å². The normalized spacial score (nSPS) is 21.9. The smallest absolute Gasteiger partial charge is 0.296 e. The van der Waals surface area contributed by atoms with E-state index in [1.165, 1.54) is 12.3 Å². The molecule has 1 saturated heterocycles. The number of pyridine rings is 1. The number of hydrogen-bond donors (Lipinski definition) is 1. The molecule has 1 N–H and O–H groups in total. The van der Waals surface area contributed by atoms with E-state index in [2.05, 4.69) is 10.3 Å². The van der Waals surface area contributed by atoms with Crippen molar-refractivity contribution in [2.24, 2.45) is 0 Å². The number of nitrogens with one attached hydrogen (secondary N) is 1. The average molecular weight is 282 g/mol. The van der Waals surface area contributed by atoms with Gasteiger partial charge in [0.2, 0.25) is 0 Å². The molecule has 1 unspecified atom stereocenters. The van der Waals surface area contributed by atoms with Crippen LogP contribution in [0.15, 0.2) is 30.5 Å². The quantitative estimate of drug-likeness (QED) is 0.919. The second-order valence-electron chi connectivity index (χ2n) is 4.81. The van der Waals surface area contributed by atoms with Gasteiger partial charge in [0.1, 0.15) is 17.1 Å². The zero-order chi connectivity index (χ0) is 14.2. The number of ether oxygens (including phenoxy) is 1. The van der Waals surface area contributed by atoms with E-state index < -0.39 is 24.4 Å². The Labute approximate surface area is 113 Å². The molecule has 0 aliphatic carbocycles. The Morgan fingerprint density at radius 3 is 3.00 bits per heavy atom. The largest absolute Gasteiger partial charge is 0.482 e. The summed E-state index contributed by atoms with van der Waals surface area (Å²) < 4.78 is 46.4. The monoisotopic (exact) mass is 282 g/mol. The minimum absolute atomic E-state index is 0.0622. The summed E-state index contributed by atoms with van der Waals surface area (Å²) in [6.45, 7) is 0.0132. The predicted octanol–water partition coefficient (Wildman–Crippen LogP) is 2.75. The Kier molecular flexibility index (Phi) is 3.25. The zero-order valence-corrected chi connectivity index (χ0v) is 10.6. The van der Waals surface area contributed by atoms with Crippen LogP contribution < -0.4 is 10.1 Å². The molecule has 1 aliphatic heterocycles. The van der Waals surface area contributed by atoms with E-state index in [1.807, 2.05) is 0 Å². The van der Waals surface area contributed by atoms with Crippen LogP contribution in [0.25, 0.3) is 10.9 Å². The Morgan fingerprint density at radius 2 is 2.20 bits per heavy atom. The summed E-state index contributed by atoms with van der Waals surface area (Å²) in [6.07, 6.45) is 0.418. The van der Waals surface area contributed by atoms with Crippen molar-refractivity contribution in [3.05, 3.63) is 36.3 Å². The van der Waals surface area contributed by atoms with Gasteiger partial charge >= 0.3 is 0 Å². The lowest BCUT2D eigenvalue weighted by Gasteiger charge is -2.32. The van der Waals surface area contributed by atoms with Gasteiger partial charge in [0.25, 0.3) is 5.92 Å². The molecule has 1 aromatic carbocycles. The third kappa shape index (κ3) is 2.43. The third-order valence-corrected chi connectivity index (χ3v) is 3.32. The highest BCUT2D eigenvalue weighted by atomic mass is 19.3. The van der Waals surface area contributed by atoms with Crippen molar-refractivity contribution >= 4 is 10.9 Å². The molecule has 3 rings (SSSR count). The topological polar surface area (TPSA) is 34.1 Å². The molecule has 2 heterocycles. The first kappa shape index (κ1) is 13.2. The van der Waals surface area contributed by atoms with Crippen LogP contribution in [0.2, 0.25) is 0 Å². The number of aromatic nitrogens is 1. The lowest BCUT2D eigenvalue weighted by atomic mass is 10.1. The number of fused-ring (bicyclic) bond motifs is 1. The number of rotatable bonds is 2. The number of alkyl halides is 2. The molecular weight excluding hydrogens is 269 g/mol. The van der Waals surface area contributed by atoms with Crippen LogP contribution in [0, 0.1) is 5.82 Å². The van der Waals surface area contributed by atoms with Crippen molar-refractivity contribution in [2.75, 3.05) is 13.1 Å². The van der Waals surface area contributed by atoms with Crippen LogP contribution in [-0.4, -0.2) is 30.1 Å². The van der Waals surface area contributed by atoms with Crippen molar-refractivity contribution in [1.29, 1.82) is 0 Å². The maximum atomic E-state index is 13.8. The Hall–Kier alpha value is -1.82. The molecule has 1 atom stereocenters. The van der Waals surface area contributed by atoms with Gasteiger partial charge in [-0.25, -0.2) is 13.2 Å². The second kappa shape index (κ2) is 4.94. The van der Waals surface area contributed by atoms with E-state index in [4.69, 9.17) is 4.74 Å². The van der Waals surface area contributed by atoms with Gasteiger partial charge in [-0.05, 0) is 18.7 Å². The van der Waals surface area contributed by atoms with E-state index in [9.17, 15) is 13.2 Å².